The molecule has 0 radical (unpaired) electrons. The molecule has 0 bridgehead atoms. The summed E-state index contributed by atoms with van der Waals surface area (Å²) in [5, 5.41) is 3.25. The van der Waals surface area contributed by atoms with Gasteiger partial charge in [0.1, 0.15) is 5.82 Å². The molecule has 3 rings (SSSR count). The van der Waals surface area contributed by atoms with E-state index in [-0.39, 0.29) is 11.7 Å². The molecule has 0 aromatic heterocycles. The minimum Gasteiger partial charge on any atom is -0.367 e. The molecule has 2 saturated heterocycles. The number of amides is 1. The minimum absolute atomic E-state index is 0.0705. The lowest BCUT2D eigenvalue weighted by molar-refractivity contribution is 0.0663. The number of piperazine rings is 2. The molecule has 120 valence electrons. The van der Waals surface area contributed by atoms with Crippen LogP contribution in [0.2, 0.25) is 0 Å². The Hall–Kier alpha value is -1.66. The molecule has 2 aliphatic heterocycles. The fourth-order valence-corrected chi connectivity index (χ4v) is 2.99. The van der Waals surface area contributed by atoms with E-state index >= 15 is 0 Å². The van der Waals surface area contributed by atoms with Gasteiger partial charge in [-0.05, 0) is 25.2 Å². The summed E-state index contributed by atoms with van der Waals surface area (Å²) in [6.45, 7) is 6.46. The van der Waals surface area contributed by atoms with E-state index in [0.29, 0.717) is 24.3 Å². The van der Waals surface area contributed by atoms with E-state index < -0.39 is 0 Å². The molecule has 22 heavy (non-hydrogen) atoms. The van der Waals surface area contributed by atoms with Crippen LogP contribution in [0.4, 0.5) is 10.1 Å². The van der Waals surface area contributed by atoms with E-state index in [4.69, 9.17) is 0 Å². The predicted molar refractivity (Wildman–Crippen MR) is 84.9 cm³/mol. The van der Waals surface area contributed by atoms with Gasteiger partial charge in [-0.2, -0.15) is 0 Å². The number of carbonyl (C=O) groups excluding carboxylic acids is 1. The minimum atomic E-state index is -0.304. The van der Waals surface area contributed by atoms with Gasteiger partial charge in [0.2, 0.25) is 0 Å². The van der Waals surface area contributed by atoms with E-state index in [1.54, 1.807) is 17.0 Å². The van der Waals surface area contributed by atoms with E-state index in [2.05, 4.69) is 10.2 Å². The van der Waals surface area contributed by atoms with E-state index in [9.17, 15) is 9.18 Å². The zero-order valence-corrected chi connectivity index (χ0v) is 13.0. The Morgan fingerprint density at radius 3 is 2.41 bits per heavy atom. The molecule has 6 heteroatoms. The van der Waals surface area contributed by atoms with E-state index in [0.717, 1.165) is 39.3 Å². The van der Waals surface area contributed by atoms with Crippen molar-refractivity contribution in [3.8, 4) is 0 Å². The second kappa shape index (κ2) is 6.62. The van der Waals surface area contributed by atoms with Crippen LogP contribution in [-0.2, 0) is 0 Å². The molecular weight excluding hydrogens is 283 g/mol. The van der Waals surface area contributed by atoms with Crippen LogP contribution < -0.4 is 10.2 Å². The molecule has 2 heterocycles. The lowest BCUT2D eigenvalue weighted by Gasteiger charge is -2.33. The number of carbonyl (C=O) groups is 1. The van der Waals surface area contributed by atoms with Gasteiger partial charge in [-0.1, -0.05) is 0 Å². The zero-order chi connectivity index (χ0) is 15.5. The highest BCUT2D eigenvalue weighted by atomic mass is 19.1. The third-order valence-corrected chi connectivity index (χ3v) is 4.44. The average molecular weight is 306 g/mol. The monoisotopic (exact) mass is 306 g/mol. The highest BCUT2D eigenvalue weighted by molar-refractivity contribution is 5.94. The molecule has 0 unspecified atom stereocenters. The Kier molecular flexibility index (Phi) is 4.59. The first kappa shape index (κ1) is 15.2. The second-order valence-electron chi connectivity index (χ2n) is 6.00. The van der Waals surface area contributed by atoms with Gasteiger partial charge in [0.15, 0.2) is 0 Å². The Bertz CT molecular complexity index is 537. The first-order valence-electron chi connectivity index (χ1n) is 7.88. The van der Waals surface area contributed by atoms with Crippen LogP contribution >= 0.6 is 0 Å². The molecule has 1 amide bonds. The Morgan fingerprint density at radius 2 is 1.77 bits per heavy atom. The van der Waals surface area contributed by atoms with Crippen LogP contribution in [0.3, 0.4) is 0 Å². The maximum absolute atomic E-state index is 14.4. The van der Waals surface area contributed by atoms with Gasteiger partial charge in [0.05, 0.1) is 5.69 Å². The van der Waals surface area contributed by atoms with Gasteiger partial charge in [0, 0.05) is 57.9 Å². The molecule has 2 aliphatic rings. The molecule has 1 aromatic carbocycles. The van der Waals surface area contributed by atoms with Crippen molar-refractivity contribution >= 4 is 11.6 Å². The summed E-state index contributed by atoms with van der Waals surface area (Å²) in [7, 11) is 2.05. The van der Waals surface area contributed by atoms with Crippen LogP contribution in [0.15, 0.2) is 18.2 Å². The number of anilines is 1. The van der Waals surface area contributed by atoms with Gasteiger partial charge in [-0.15, -0.1) is 0 Å². The van der Waals surface area contributed by atoms with Gasteiger partial charge < -0.3 is 20.0 Å². The van der Waals surface area contributed by atoms with Gasteiger partial charge >= 0.3 is 0 Å². The molecular formula is C16H23FN4O. The van der Waals surface area contributed by atoms with Crippen molar-refractivity contribution < 1.29 is 9.18 Å². The number of nitrogens with zero attached hydrogens (tertiary/aromatic N) is 3. The predicted octanol–water partition coefficient (Wildman–Crippen LogP) is 0.623. The number of halogens is 1. The quantitative estimate of drug-likeness (QED) is 0.869. The normalized spacial score (nSPS) is 20.3. The highest BCUT2D eigenvalue weighted by Gasteiger charge is 2.22. The summed E-state index contributed by atoms with van der Waals surface area (Å²) >= 11 is 0. The van der Waals surface area contributed by atoms with Crippen molar-refractivity contribution in [3.05, 3.63) is 29.6 Å². The summed E-state index contributed by atoms with van der Waals surface area (Å²) in [6, 6.07) is 4.88. The Balaban J connectivity index is 1.72. The zero-order valence-electron chi connectivity index (χ0n) is 13.0. The number of hydrogen-bond donors (Lipinski definition) is 1. The van der Waals surface area contributed by atoms with Crippen LogP contribution in [0, 0.1) is 5.82 Å². The molecule has 1 N–H and O–H groups in total. The average Bonchev–Trinajstić information content (AvgIpc) is 2.55. The molecule has 0 saturated carbocycles. The summed E-state index contributed by atoms with van der Waals surface area (Å²) in [5.41, 5.74) is 1.04. The van der Waals surface area contributed by atoms with Crippen molar-refractivity contribution in [1.82, 2.24) is 15.1 Å². The summed E-state index contributed by atoms with van der Waals surface area (Å²) in [6.07, 6.45) is 0. The van der Waals surface area contributed by atoms with Crippen molar-refractivity contribution in [1.29, 1.82) is 0 Å². The largest absolute Gasteiger partial charge is 0.367 e. The second-order valence-corrected chi connectivity index (χ2v) is 6.00. The fraction of sp³-hybridized carbons (Fsp3) is 0.562. The SMILES string of the molecule is CN1CCN(C(=O)c2ccc(N3CCNCC3)c(F)c2)CC1. The van der Waals surface area contributed by atoms with Crippen molar-refractivity contribution in [2.45, 2.75) is 0 Å². The summed E-state index contributed by atoms with van der Waals surface area (Å²) < 4.78 is 14.4. The maximum atomic E-state index is 14.4. The molecule has 5 nitrogen and oxygen atoms in total. The third-order valence-electron chi connectivity index (χ3n) is 4.44. The molecule has 0 atom stereocenters. The van der Waals surface area contributed by atoms with Crippen LogP contribution in [0.25, 0.3) is 0 Å². The first-order chi connectivity index (χ1) is 10.6. The Labute approximate surface area is 130 Å². The van der Waals surface area contributed by atoms with Crippen LogP contribution in [-0.4, -0.2) is 75.1 Å². The van der Waals surface area contributed by atoms with Crippen molar-refractivity contribution in [2.75, 3.05) is 64.3 Å². The molecule has 0 aliphatic carbocycles. The third kappa shape index (κ3) is 3.23. The molecule has 1 aromatic rings. The number of rotatable bonds is 2. The Morgan fingerprint density at radius 1 is 1.09 bits per heavy atom. The lowest BCUT2D eigenvalue weighted by atomic mass is 10.1. The number of hydrogen-bond acceptors (Lipinski definition) is 4. The van der Waals surface area contributed by atoms with Crippen molar-refractivity contribution in [2.24, 2.45) is 0 Å². The first-order valence-corrected chi connectivity index (χ1v) is 7.88. The van der Waals surface area contributed by atoms with Gasteiger partial charge in [-0.25, -0.2) is 4.39 Å². The number of nitrogens with one attached hydrogen (secondary N) is 1. The van der Waals surface area contributed by atoms with E-state index in [1.165, 1.54) is 6.07 Å². The van der Waals surface area contributed by atoms with Crippen LogP contribution in [0.1, 0.15) is 10.4 Å². The topological polar surface area (TPSA) is 38.8 Å². The summed E-state index contributed by atoms with van der Waals surface area (Å²) in [5.74, 6) is -0.374. The van der Waals surface area contributed by atoms with Crippen LogP contribution in [0.5, 0.6) is 0 Å². The van der Waals surface area contributed by atoms with E-state index in [1.807, 2.05) is 11.9 Å². The highest BCUT2D eigenvalue weighted by Crippen LogP contribution is 2.22. The van der Waals surface area contributed by atoms with Crippen molar-refractivity contribution in [3.63, 3.8) is 0 Å². The van der Waals surface area contributed by atoms with Gasteiger partial charge in [0.25, 0.3) is 5.91 Å². The number of benzene rings is 1. The smallest absolute Gasteiger partial charge is 0.254 e. The maximum Gasteiger partial charge on any atom is 0.254 e. The standard InChI is InChI=1S/C16H23FN4O/c1-19-8-10-21(11-9-19)16(22)13-2-3-15(14(17)12-13)20-6-4-18-5-7-20/h2-3,12,18H,4-11H2,1H3. The lowest BCUT2D eigenvalue weighted by Crippen LogP contribution is -2.47. The fourth-order valence-electron chi connectivity index (χ4n) is 2.99. The summed E-state index contributed by atoms with van der Waals surface area (Å²) in [4.78, 5) is 18.5. The molecule has 2 fully saturated rings. The molecule has 0 spiro atoms. The van der Waals surface area contributed by atoms with Gasteiger partial charge in [-0.3, -0.25) is 4.79 Å². The number of likely N-dealkylation sites (N-methyl/N-ethyl adjacent to an activating group) is 1.